The zero-order chi connectivity index (χ0) is 18.4. The summed E-state index contributed by atoms with van der Waals surface area (Å²) < 4.78 is 5.17. The largest absolute Gasteiger partial charge is 0.445 e. The first-order valence-corrected chi connectivity index (χ1v) is 9.66. The van der Waals surface area contributed by atoms with Gasteiger partial charge in [0, 0.05) is 32.2 Å². The summed E-state index contributed by atoms with van der Waals surface area (Å²) in [6, 6.07) is 11.5. The van der Waals surface area contributed by atoms with Crippen LogP contribution in [-0.2, 0) is 11.2 Å². The second-order valence-electron chi connectivity index (χ2n) is 7.27. The summed E-state index contributed by atoms with van der Waals surface area (Å²) >= 11 is 0. The molecule has 1 saturated heterocycles. The van der Waals surface area contributed by atoms with Gasteiger partial charge in [-0.25, -0.2) is 4.79 Å². The molecule has 0 bridgehead atoms. The normalized spacial score (nSPS) is 18.5. The molecule has 1 heterocycles. The van der Waals surface area contributed by atoms with Crippen molar-refractivity contribution in [3.63, 3.8) is 0 Å². The van der Waals surface area contributed by atoms with Crippen LogP contribution in [0.5, 0.6) is 0 Å². The number of amides is 1. The van der Waals surface area contributed by atoms with E-state index in [4.69, 9.17) is 4.74 Å². The Hall–Kier alpha value is -1.78. The van der Waals surface area contributed by atoms with Crippen LogP contribution in [0.4, 0.5) is 4.79 Å². The maximum Gasteiger partial charge on any atom is 0.410 e. The fraction of sp³-hybridized carbons (Fsp3) is 0.500. The van der Waals surface area contributed by atoms with Crippen molar-refractivity contribution in [1.29, 1.82) is 0 Å². The van der Waals surface area contributed by atoms with Crippen molar-refractivity contribution in [2.75, 3.05) is 26.7 Å². The minimum absolute atomic E-state index is 0. The number of likely N-dealkylation sites (tertiary alicyclic amines) is 1. The lowest BCUT2D eigenvalue weighted by Crippen LogP contribution is -2.50. The Kier molecular flexibility index (Phi) is 8.39. The Bertz CT molecular complexity index is 639. The second kappa shape index (κ2) is 10.5. The zero-order valence-corrected chi connectivity index (χ0v) is 17.0. The average molecular weight is 391 g/mol. The van der Waals surface area contributed by atoms with Gasteiger partial charge in [-0.2, -0.15) is 0 Å². The Morgan fingerprint density at radius 3 is 2.56 bits per heavy atom. The zero-order valence-electron chi connectivity index (χ0n) is 16.2. The molecule has 1 aromatic carbocycles. The lowest BCUT2D eigenvalue weighted by molar-refractivity contribution is 0.0761. The molecule has 1 aliphatic heterocycles. The second-order valence-corrected chi connectivity index (χ2v) is 7.27. The highest BCUT2D eigenvalue weighted by Crippen LogP contribution is 2.30. The molecule has 0 saturated carbocycles. The van der Waals surface area contributed by atoms with Crippen LogP contribution in [0, 0.1) is 0 Å². The van der Waals surface area contributed by atoms with Crippen LogP contribution in [0.15, 0.2) is 54.6 Å². The van der Waals surface area contributed by atoms with E-state index < -0.39 is 0 Å². The van der Waals surface area contributed by atoms with Gasteiger partial charge in [-0.15, -0.1) is 12.4 Å². The minimum Gasteiger partial charge on any atom is -0.445 e. The molecule has 0 radical (unpaired) electrons. The molecule has 3 rings (SSSR count). The van der Waals surface area contributed by atoms with E-state index >= 15 is 0 Å². The van der Waals surface area contributed by atoms with Gasteiger partial charge in [0.05, 0.1) is 0 Å². The number of benzene rings is 1. The third-order valence-corrected chi connectivity index (χ3v) is 5.64. The molecule has 0 N–H and O–H groups in total. The number of hydrogen-bond acceptors (Lipinski definition) is 3. The van der Waals surface area contributed by atoms with Crippen LogP contribution >= 0.6 is 12.4 Å². The average Bonchev–Trinajstić information content (AvgIpc) is 2.64. The molecule has 0 spiro atoms. The summed E-state index contributed by atoms with van der Waals surface area (Å²) in [5.41, 5.74) is 2.99. The molecule has 1 aromatic rings. The number of piperidine rings is 1. The summed E-state index contributed by atoms with van der Waals surface area (Å²) in [7, 11) is 1.85. The third-order valence-electron chi connectivity index (χ3n) is 5.64. The van der Waals surface area contributed by atoms with Gasteiger partial charge in [-0.1, -0.05) is 54.6 Å². The van der Waals surface area contributed by atoms with E-state index in [1.807, 2.05) is 7.05 Å². The molecular formula is C22H31ClN2O2. The van der Waals surface area contributed by atoms with Crippen LogP contribution in [0.25, 0.3) is 0 Å². The maximum absolute atomic E-state index is 12.1. The van der Waals surface area contributed by atoms with Gasteiger partial charge in [0.15, 0.2) is 0 Å². The van der Waals surface area contributed by atoms with Crippen molar-refractivity contribution in [3.05, 3.63) is 60.2 Å². The summed E-state index contributed by atoms with van der Waals surface area (Å²) in [6.45, 7) is 5.92. The van der Waals surface area contributed by atoms with Gasteiger partial charge in [-0.3, -0.25) is 4.90 Å². The Labute approximate surface area is 169 Å². The highest BCUT2D eigenvalue weighted by Gasteiger charge is 2.31. The van der Waals surface area contributed by atoms with Gasteiger partial charge >= 0.3 is 6.09 Å². The topological polar surface area (TPSA) is 32.8 Å². The molecule has 5 heteroatoms. The Balaban J connectivity index is 0.00000261. The number of allylic oxidation sites excluding steroid dienone is 1. The molecule has 148 valence electrons. The van der Waals surface area contributed by atoms with Crippen molar-refractivity contribution in [2.45, 2.75) is 44.2 Å². The minimum atomic E-state index is -0.245. The van der Waals surface area contributed by atoms with Gasteiger partial charge in [0.2, 0.25) is 0 Å². The fourth-order valence-corrected chi connectivity index (χ4v) is 3.91. The molecular weight excluding hydrogens is 360 g/mol. The highest BCUT2D eigenvalue weighted by molar-refractivity contribution is 5.85. The molecule has 27 heavy (non-hydrogen) atoms. The Morgan fingerprint density at radius 1 is 1.33 bits per heavy atom. The van der Waals surface area contributed by atoms with E-state index in [9.17, 15) is 4.79 Å². The number of hydrogen-bond donors (Lipinski definition) is 0. The van der Waals surface area contributed by atoms with Crippen molar-refractivity contribution in [3.8, 4) is 0 Å². The number of nitrogens with zero attached hydrogens (tertiary/aromatic N) is 2. The quantitative estimate of drug-likeness (QED) is 0.644. The van der Waals surface area contributed by atoms with E-state index in [0.717, 1.165) is 32.4 Å². The van der Waals surface area contributed by atoms with E-state index in [1.54, 1.807) is 16.5 Å². The molecule has 2 aliphatic rings. The van der Waals surface area contributed by atoms with E-state index in [2.05, 4.69) is 47.9 Å². The van der Waals surface area contributed by atoms with E-state index in [0.29, 0.717) is 6.04 Å². The van der Waals surface area contributed by atoms with Crippen molar-refractivity contribution < 1.29 is 9.53 Å². The van der Waals surface area contributed by atoms with Crippen molar-refractivity contribution >= 4 is 18.5 Å². The number of carbonyl (C=O) groups excluding carboxylic acids is 1. The SMILES string of the molecule is C=CCOC(=O)N(C)C1CCN(C(Cc2ccccc2)C2=CCC2)CC1.Cl. The van der Waals surface area contributed by atoms with Gasteiger partial charge < -0.3 is 9.64 Å². The Morgan fingerprint density at radius 2 is 2.00 bits per heavy atom. The first-order chi connectivity index (χ1) is 12.7. The van der Waals surface area contributed by atoms with Gasteiger partial charge in [-0.05, 0) is 37.7 Å². The standard InChI is InChI=1S/C22H30N2O2.ClH/c1-3-16-26-22(25)23(2)20-12-14-24(15-13-20)21(19-10-7-11-19)17-18-8-5-4-6-9-18;/h3-6,8-10,20-21H,1,7,11-17H2,2H3;1H. The highest BCUT2D eigenvalue weighted by atomic mass is 35.5. The van der Waals surface area contributed by atoms with Crippen LogP contribution in [0.3, 0.4) is 0 Å². The van der Waals surface area contributed by atoms with E-state index in [-0.39, 0.29) is 31.1 Å². The van der Waals surface area contributed by atoms with Crippen molar-refractivity contribution in [1.82, 2.24) is 9.80 Å². The van der Waals surface area contributed by atoms with Gasteiger partial charge in [0.25, 0.3) is 0 Å². The molecule has 1 amide bonds. The molecule has 1 atom stereocenters. The maximum atomic E-state index is 12.1. The lowest BCUT2D eigenvalue weighted by atomic mass is 9.86. The first-order valence-electron chi connectivity index (χ1n) is 9.66. The third kappa shape index (κ3) is 5.60. The van der Waals surface area contributed by atoms with Crippen LogP contribution in [0.1, 0.15) is 31.2 Å². The summed E-state index contributed by atoms with van der Waals surface area (Å²) in [5, 5.41) is 0. The number of rotatable bonds is 7. The summed E-state index contributed by atoms with van der Waals surface area (Å²) in [4.78, 5) is 16.4. The smallest absolute Gasteiger partial charge is 0.410 e. The fourth-order valence-electron chi connectivity index (χ4n) is 3.91. The molecule has 0 aromatic heterocycles. The molecule has 4 nitrogen and oxygen atoms in total. The predicted molar refractivity (Wildman–Crippen MR) is 112 cm³/mol. The summed E-state index contributed by atoms with van der Waals surface area (Å²) in [5.74, 6) is 0. The van der Waals surface area contributed by atoms with Crippen LogP contribution in [0.2, 0.25) is 0 Å². The number of halogens is 1. The summed E-state index contributed by atoms with van der Waals surface area (Å²) in [6.07, 6.45) is 9.28. The number of carbonyl (C=O) groups is 1. The lowest BCUT2D eigenvalue weighted by Gasteiger charge is -2.42. The molecule has 1 unspecified atom stereocenters. The number of ether oxygens (including phenoxy) is 1. The first kappa shape index (κ1) is 21.5. The van der Waals surface area contributed by atoms with Gasteiger partial charge in [0.1, 0.15) is 6.61 Å². The van der Waals surface area contributed by atoms with Crippen LogP contribution in [-0.4, -0.2) is 54.7 Å². The van der Waals surface area contributed by atoms with Crippen LogP contribution < -0.4 is 0 Å². The van der Waals surface area contributed by atoms with Crippen molar-refractivity contribution in [2.24, 2.45) is 0 Å². The van der Waals surface area contributed by atoms with E-state index in [1.165, 1.54) is 18.4 Å². The molecule has 1 aliphatic carbocycles. The predicted octanol–water partition coefficient (Wildman–Crippen LogP) is 4.46. The molecule has 1 fully saturated rings. The monoisotopic (exact) mass is 390 g/mol.